The molecule has 184 valence electrons. The third kappa shape index (κ3) is 5.18. The Morgan fingerprint density at radius 3 is 2.62 bits per heavy atom. The Balaban J connectivity index is 1.80. The number of anilines is 1. The molecule has 0 spiro atoms. The Bertz CT molecular complexity index is 1330. The molecule has 3 heterocycles. The van der Waals surface area contributed by atoms with Crippen molar-refractivity contribution < 1.29 is 37.4 Å². The summed E-state index contributed by atoms with van der Waals surface area (Å²) in [6.45, 7) is 2.63. The van der Waals surface area contributed by atoms with E-state index >= 15 is 0 Å². The maximum atomic E-state index is 13.0. The van der Waals surface area contributed by atoms with Crippen LogP contribution in [0.3, 0.4) is 0 Å². The number of β-lactam (4-membered cyclic amide) rings is 1. The van der Waals surface area contributed by atoms with Gasteiger partial charge < -0.3 is 20.9 Å². The zero-order chi connectivity index (χ0) is 25.4. The number of nitrogens with two attached hydrogens (primary N) is 1. The average molecular weight is 516 g/mol. The quantitative estimate of drug-likeness (QED) is 0.173. The first-order valence-corrected chi connectivity index (χ1v) is 12.2. The fraction of sp³-hybridized carbons (Fsp3) is 0.389. The Morgan fingerprint density at radius 2 is 2.06 bits per heavy atom. The van der Waals surface area contributed by atoms with Crippen molar-refractivity contribution in [3.63, 3.8) is 0 Å². The SMILES string of the molecule is CC1(C)[C@H](CC(=O)/C(=N\OCc2cc(=O)c(O)cn2O)c2csc(N)n2)C(=O)N1OS(C)(=O)=O. The van der Waals surface area contributed by atoms with Gasteiger partial charge >= 0.3 is 0 Å². The molecule has 1 amide bonds. The number of aromatic nitrogens is 2. The molecule has 0 radical (unpaired) electrons. The third-order valence-electron chi connectivity index (χ3n) is 4.96. The third-order valence-corrected chi connectivity index (χ3v) is 6.05. The van der Waals surface area contributed by atoms with Crippen molar-refractivity contribution in [1.29, 1.82) is 0 Å². The Kier molecular flexibility index (Phi) is 6.68. The summed E-state index contributed by atoms with van der Waals surface area (Å²) in [5, 5.41) is 25.1. The highest BCUT2D eigenvalue weighted by molar-refractivity contribution is 7.85. The van der Waals surface area contributed by atoms with E-state index in [-0.39, 0.29) is 28.7 Å². The molecule has 2 aromatic heterocycles. The summed E-state index contributed by atoms with van der Waals surface area (Å²) in [5.74, 6) is -2.94. The van der Waals surface area contributed by atoms with E-state index in [0.29, 0.717) is 9.79 Å². The molecule has 0 aliphatic carbocycles. The number of hydroxylamine groups is 2. The Labute approximate surface area is 196 Å². The first-order valence-electron chi connectivity index (χ1n) is 9.52. The molecule has 16 heteroatoms. The summed E-state index contributed by atoms with van der Waals surface area (Å²) in [6, 6.07) is 0.916. The topological polar surface area (TPSA) is 204 Å². The van der Waals surface area contributed by atoms with E-state index in [1.165, 1.54) is 19.2 Å². The highest BCUT2D eigenvalue weighted by Crippen LogP contribution is 2.40. The number of Topliss-reactive ketones (excluding diaryl/α,β-unsaturated/α-hetero) is 1. The van der Waals surface area contributed by atoms with E-state index < -0.39 is 51.1 Å². The zero-order valence-corrected chi connectivity index (χ0v) is 19.8. The van der Waals surface area contributed by atoms with E-state index in [1.54, 1.807) is 0 Å². The van der Waals surface area contributed by atoms with Gasteiger partial charge in [-0.25, -0.2) is 4.98 Å². The fourth-order valence-corrected chi connectivity index (χ4v) is 4.24. The monoisotopic (exact) mass is 515 g/mol. The van der Waals surface area contributed by atoms with Gasteiger partial charge in [-0.1, -0.05) is 5.16 Å². The number of thiazole rings is 1. The molecule has 0 bridgehead atoms. The van der Waals surface area contributed by atoms with Gasteiger partial charge in [-0.2, -0.15) is 18.2 Å². The molecule has 1 aliphatic rings. The fourth-order valence-electron chi connectivity index (χ4n) is 3.15. The summed E-state index contributed by atoms with van der Waals surface area (Å²) >= 11 is 1.03. The number of carbonyl (C=O) groups excluding carboxylic acids is 2. The van der Waals surface area contributed by atoms with Crippen molar-refractivity contribution in [2.24, 2.45) is 11.1 Å². The number of ketones is 1. The molecule has 0 aromatic carbocycles. The van der Waals surface area contributed by atoms with Crippen LogP contribution in [0.15, 0.2) is 27.6 Å². The number of hydrogen-bond acceptors (Lipinski definition) is 13. The van der Waals surface area contributed by atoms with Crippen molar-refractivity contribution in [1.82, 2.24) is 14.8 Å². The lowest BCUT2D eigenvalue weighted by atomic mass is 9.74. The first kappa shape index (κ1) is 25.1. The van der Waals surface area contributed by atoms with E-state index in [1.807, 2.05) is 0 Å². The van der Waals surface area contributed by atoms with Gasteiger partial charge in [-0.15, -0.1) is 15.6 Å². The summed E-state index contributed by atoms with van der Waals surface area (Å²) in [7, 11) is -3.95. The molecule has 3 rings (SSSR count). The van der Waals surface area contributed by atoms with Crippen LogP contribution in [0.4, 0.5) is 5.13 Å². The highest BCUT2D eigenvalue weighted by Gasteiger charge is 2.57. The zero-order valence-electron chi connectivity index (χ0n) is 18.2. The molecule has 34 heavy (non-hydrogen) atoms. The summed E-state index contributed by atoms with van der Waals surface area (Å²) < 4.78 is 28.0. The van der Waals surface area contributed by atoms with Crippen LogP contribution in [0.5, 0.6) is 5.75 Å². The van der Waals surface area contributed by atoms with E-state index in [2.05, 4.69) is 10.1 Å². The number of carbonyl (C=O) groups is 2. The predicted octanol–water partition coefficient (Wildman–Crippen LogP) is -0.162. The second-order valence-corrected chi connectivity index (χ2v) is 10.3. The number of aromatic hydroxyl groups is 1. The number of oxime groups is 1. The lowest BCUT2D eigenvalue weighted by Crippen LogP contribution is -2.68. The lowest BCUT2D eigenvalue weighted by Gasteiger charge is -2.51. The van der Waals surface area contributed by atoms with Crippen LogP contribution in [0.2, 0.25) is 0 Å². The summed E-state index contributed by atoms with van der Waals surface area (Å²) in [4.78, 5) is 46.2. The molecule has 1 aliphatic heterocycles. The van der Waals surface area contributed by atoms with Crippen LogP contribution >= 0.6 is 11.3 Å². The highest BCUT2D eigenvalue weighted by atomic mass is 32.2. The number of amides is 1. The molecule has 2 aromatic rings. The van der Waals surface area contributed by atoms with Crippen molar-refractivity contribution >= 4 is 44.0 Å². The maximum Gasteiger partial charge on any atom is 0.285 e. The second-order valence-electron chi connectivity index (χ2n) is 7.89. The molecule has 1 fully saturated rings. The molecule has 0 saturated carbocycles. The minimum absolute atomic E-state index is 0.0694. The number of rotatable bonds is 9. The Morgan fingerprint density at radius 1 is 1.38 bits per heavy atom. The van der Waals surface area contributed by atoms with Crippen LogP contribution in [0.1, 0.15) is 31.7 Å². The van der Waals surface area contributed by atoms with Gasteiger partial charge in [0.05, 0.1) is 23.9 Å². The normalized spacial score (nSPS) is 18.0. The van der Waals surface area contributed by atoms with Gasteiger partial charge in [-0.05, 0) is 13.8 Å². The Hall–Kier alpha value is -3.50. The minimum Gasteiger partial charge on any atom is -0.503 e. The van der Waals surface area contributed by atoms with Gasteiger partial charge in [-0.3, -0.25) is 14.4 Å². The molecule has 14 nitrogen and oxygen atoms in total. The summed E-state index contributed by atoms with van der Waals surface area (Å²) in [6.07, 6.45) is 1.20. The lowest BCUT2D eigenvalue weighted by molar-refractivity contribution is -0.226. The number of hydrogen-bond donors (Lipinski definition) is 3. The van der Waals surface area contributed by atoms with Gasteiger partial charge in [0.2, 0.25) is 5.43 Å². The standard InChI is InChI=1S/C18H21N5O9S2/c1-18(2)10(16(27)23(18)32-34(3,29)30)5-13(25)15(11-8-33-17(19)20-11)21-31-7-9-4-12(24)14(26)6-22(9)28/h4,6,8,10,26,28H,5,7H2,1-3H3,(H2,19,20)/b21-15-/t10-/m1/s1. The molecule has 0 unspecified atom stereocenters. The van der Waals surface area contributed by atoms with Crippen LogP contribution in [0.25, 0.3) is 0 Å². The van der Waals surface area contributed by atoms with E-state index in [0.717, 1.165) is 29.9 Å². The van der Waals surface area contributed by atoms with Crippen molar-refractivity contribution in [3.8, 4) is 5.75 Å². The van der Waals surface area contributed by atoms with Crippen molar-refractivity contribution in [2.45, 2.75) is 32.4 Å². The van der Waals surface area contributed by atoms with Crippen LogP contribution in [-0.2, 0) is 35.4 Å². The van der Waals surface area contributed by atoms with E-state index in [9.17, 15) is 33.1 Å². The van der Waals surface area contributed by atoms with E-state index in [4.69, 9.17) is 14.9 Å². The van der Waals surface area contributed by atoms with Crippen LogP contribution in [0, 0.1) is 5.92 Å². The van der Waals surface area contributed by atoms with Gasteiger partial charge in [0, 0.05) is 17.9 Å². The van der Waals surface area contributed by atoms with Gasteiger partial charge in [0.25, 0.3) is 16.0 Å². The first-order chi connectivity index (χ1) is 15.7. The predicted molar refractivity (Wildman–Crippen MR) is 117 cm³/mol. The minimum atomic E-state index is -3.95. The van der Waals surface area contributed by atoms with Crippen LogP contribution < -0.4 is 11.2 Å². The van der Waals surface area contributed by atoms with Gasteiger partial charge in [0.1, 0.15) is 11.4 Å². The number of pyridine rings is 1. The molecule has 1 atom stereocenters. The largest absolute Gasteiger partial charge is 0.503 e. The van der Waals surface area contributed by atoms with Gasteiger partial charge in [0.15, 0.2) is 29.0 Å². The molecule has 4 N–H and O–H groups in total. The smallest absolute Gasteiger partial charge is 0.285 e. The maximum absolute atomic E-state index is 13.0. The molecular formula is C18H21N5O9S2. The van der Waals surface area contributed by atoms with Crippen LogP contribution in [-0.4, -0.2) is 62.7 Å². The average Bonchev–Trinajstić information content (AvgIpc) is 3.16. The summed E-state index contributed by atoms with van der Waals surface area (Å²) in [5.41, 5.74) is 3.50. The van der Waals surface area contributed by atoms with Crippen molar-refractivity contribution in [3.05, 3.63) is 39.3 Å². The second kappa shape index (κ2) is 9.03. The molecular weight excluding hydrogens is 494 g/mol. The number of nitrogen functional groups attached to an aromatic ring is 1. The number of nitrogens with zero attached hydrogens (tertiary/aromatic N) is 4. The molecule has 1 saturated heterocycles. The van der Waals surface area contributed by atoms with Crippen molar-refractivity contribution in [2.75, 3.05) is 12.0 Å².